The number of hydrogen-bond acceptors (Lipinski definition) is 4. The van der Waals surface area contributed by atoms with E-state index in [0.717, 1.165) is 22.6 Å². The van der Waals surface area contributed by atoms with Crippen LogP contribution in [0.25, 0.3) is 0 Å². The van der Waals surface area contributed by atoms with Gasteiger partial charge in [0.1, 0.15) is 11.8 Å². The molecule has 31 heavy (non-hydrogen) atoms. The zero-order valence-electron chi connectivity index (χ0n) is 17.8. The second kappa shape index (κ2) is 10.9. The van der Waals surface area contributed by atoms with E-state index in [9.17, 15) is 9.59 Å². The molecule has 1 aromatic heterocycles. The Morgan fingerprint density at radius 2 is 1.68 bits per heavy atom. The third-order valence-corrected chi connectivity index (χ3v) is 5.04. The summed E-state index contributed by atoms with van der Waals surface area (Å²) in [5.41, 5.74) is 2.67. The number of ether oxygens (including phenoxy) is 1. The van der Waals surface area contributed by atoms with E-state index in [1.54, 1.807) is 18.2 Å². The van der Waals surface area contributed by atoms with Gasteiger partial charge in [-0.05, 0) is 35.4 Å². The number of amides is 2. The number of carbonyl (C=O) groups excluding carboxylic acids is 2. The number of carbonyl (C=O) groups is 2. The molecule has 1 unspecified atom stereocenters. The maximum absolute atomic E-state index is 13.2. The van der Waals surface area contributed by atoms with Crippen LogP contribution in [0.4, 0.5) is 0 Å². The van der Waals surface area contributed by atoms with Crippen molar-refractivity contribution in [2.24, 2.45) is 0 Å². The molecule has 0 aliphatic carbocycles. The van der Waals surface area contributed by atoms with E-state index in [2.05, 4.69) is 10.3 Å². The molecule has 0 aliphatic rings. The molecule has 6 heteroatoms. The molecule has 0 aliphatic heterocycles. The maximum Gasteiger partial charge on any atom is 0.243 e. The van der Waals surface area contributed by atoms with E-state index in [4.69, 9.17) is 4.74 Å². The molecular formula is C25H27N3O3. The summed E-state index contributed by atoms with van der Waals surface area (Å²) in [4.78, 5) is 31.7. The summed E-state index contributed by atoms with van der Waals surface area (Å²) in [5, 5.41) is 2.94. The molecule has 1 atom stereocenters. The molecule has 160 valence electrons. The van der Waals surface area contributed by atoms with Crippen molar-refractivity contribution in [1.29, 1.82) is 0 Å². The standard InChI is InChI=1S/C25H27N3O3/c1-19(29)28(18-21-11-13-23(31-2)14-12-21)24(16-20-8-4-3-5-9-20)25(30)27-17-22-10-6-7-15-26-22/h3-15,24H,16-18H2,1-2H3,(H,27,30). The molecule has 0 saturated heterocycles. The first kappa shape index (κ1) is 22.0. The molecule has 2 aromatic carbocycles. The summed E-state index contributed by atoms with van der Waals surface area (Å²) in [5.74, 6) is 0.370. The van der Waals surface area contributed by atoms with Gasteiger partial charge in [-0.15, -0.1) is 0 Å². The Labute approximate surface area is 182 Å². The van der Waals surface area contributed by atoms with E-state index in [1.165, 1.54) is 6.92 Å². The Balaban J connectivity index is 1.81. The molecule has 0 fully saturated rings. The van der Waals surface area contributed by atoms with Crippen LogP contribution < -0.4 is 10.1 Å². The fraction of sp³-hybridized carbons (Fsp3) is 0.240. The highest BCUT2D eigenvalue weighted by atomic mass is 16.5. The minimum atomic E-state index is -0.647. The third kappa shape index (κ3) is 6.40. The van der Waals surface area contributed by atoms with Crippen molar-refractivity contribution in [2.75, 3.05) is 7.11 Å². The lowest BCUT2D eigenvalue weighted by molar-refractivity contribution is -0.139. The second-order valence-corrected chi connectivity index (χ2v) is 7.24. The van der Waals surface area contributed by atoms with E-state index in [-0.39, 0.29) is 11.8 Å². The number of aromatic nitrogens is 1. The highest BCUT2D eigenvalue weighted by Crippen LogP contribution is 2.17. The zero-order chi connectivity index (χ0) is 22.1. The Morgan fingerprint density at radius 1 is 0.968 bits per heavy atom. The zero-order valence-corrected chi connectivity index (χ0v) is 17.8. The van der Waals surface area contributed by atoms with Crippen LogP contribution in [0.15, 0.2) is 79.0 Å². The van der Waals surface area contributed by atoms with Crippen LogP contribution in [0.1, 0.15) is 23.7 Å². The van der Waals surface area contributed by atoms with E-state index < -0.39 is 6.04 Å². The van der Waals surface area contributed by atoms with Crippen molar-refractivity contribution in [1.82, 2.24) is 15.2 Å². The number of nitrogens with zero attached hydrogens (tertiary/aromatic N) is 2. The van der Waals surface area contributed by atoms with Gasteiger partial charge in [0.15, 0.2) is 0 Å². The van der Waals surface area contributed by atoms with Gasteiger partial charge in [0.2, 0.25) is 11.8 Å². The van der Waals surface area contributed by atoms with Gasteiger partial charge < -0.3 is 15.0 Å². The van der Waals surface area contributed by atoms with Crippen LogP contribution in [0.2, 0.25) is 0 Å². The van der Waals surface area contributed by atoms with Gasteiger partial charge in [0, 0.05) is 26.1 Å². The summed E-state index contributed by atoms with van der Waals surface area (Å²) in [6, 6.07) is 22.1. The number of hydrogen-bond donors (Lipinski definition) is 1. The minimum absolute atomic E-state index is 0.162. The Hall–Kier alpha value is -3.67. The van der Waals surface area contributed by atoms with Gasteiger partial charge in [-0.1, -0.05) is 48.5 Å². The third-order valence-electron chi connectivity index (χ3n) is 5.04. The first-order chi connectivity index (χ1) is 15.1. The molecule has 3 rings (SSSR count). The fourth-order valence-corrected chi connectivity index (χ4v) is 3.35. The van der Waals surface area contributed by atoms with Crippen molar-refractivity contribution in [3.8, 4) is 5.75 Å². The van der Waals surface area contributed by atoms with Crippen molar-refractivity contribution in [3.05, 3.63) is 95.8 Å². The quantitative estimate of drug-likeness (QED) is 0.580. The van der Waals surface area contributed by atoms with Gasteiger partial charge in [-0.2, -0.15) is 0 Å². The molecule has 0 radical (unpaired) electrons. The Bertz CT molecular complexity index is 976. The minimum Gasteiger partial charge on any atom is -0.497 e. The summed E-state index contributed by atoms with van der Waals surface area (Å²) in [6.45, 7) is 2.13. The van der Waals surface area contributed by atoms with Crippen LogP contribution in [-0.4, -0.2) is 34.8 Å². The molecule has 6 nitrogen and oxygen atoms in total. The maximum atomic E-state index is 13.2. The lowest BCUT2D eigenvalue weighted by Gasteiger charge is -2.30. The first-order valence-corrected chi connectivity index (χ1v) is 10.2. The van der Waals surface area contributed by atoms with E-state index in [0.29, 0.717) is 19.5 Å². The Kier molecular flexibility index (Phi) is 7.76. The SMILES string of the molecule is COc1ccc(CN(C(C)=O)C(Cc2ccccc2)C(=O)NCc2ccccn2)cc1. The van der Waals surface area contributed by atoms with Crippen LogP contribution in [0.5, 0.6) is 5.75 Å². The second-order valence-electron chi connectivity index (χ2n) is 7.24. The molecule has 1 heterocycles. The number of pyridine rings is 1. The molecular weight excluding hydrogens is 390 g/mol. The lowest BCUT2D eigenvalue weighted by atomic mass is 10.0. The normalized spacial score (nSPS) is 11.4. The van der Waals surface area contributed by atoms with E-state index >= 15 is 0 Å². The average Bonchev–Trinajstić information content (AvgIpc) is 2.81. The van der Waals surface area contributed by atoms with Crippen LogP contribution in [0, 0.1) is 0 Å². The monoisotopic (exact) mass is 417 g/mol. The molecule has 3 aromatic rings. The van der Waals surface area contributed by atoms with Crippen molar-refractivity contribution in [3.63, 3.8) is 0 Å². The van der Waals surface area contributed by atoms with Crippen LogP contribution in [0.3, 0.4) is 0 Å². The van der Waals surface area contributed by atoms with Gasteiger partial charge in [-0.25, -0.2) is 0 Å². The number of methoxy groups -OCH3 is 1. The van der Waals surface area contributed by atoms with Gasteiger partial charge >= 0.3 is 0 Å². The number of rotatable bonds is 9. The van der Waals surface area contributed by atoms with E-state index in [1.807, 2.05) is 72.8 Å². The van der Waals surface area contributed by atoms with Gasteiger partial charge in [0.25, 0.3) is 0 Å². The molecule has 0 bridgehead atoms. The van der Waals surface area contributed by atoms with Crippen molar-refractivity contribution in [2.45, 2.75) is 32.5 Å². The summed E-state index contributed by atoms with van der Waals surface area (Å²) in [7, 11) is 1.61. The lowest BCUT2D eigenvalue weighted by Crippen LogP contribution is -2.49. The highest BCUT2D eigenvalue weighted by molar-refractivity contribution is 5.87. The predicted molar refractivity (Wildman–Crippen MR) is 119 cm³/mol. The fourth-order valence-electron chi connectivity index (χ4n) is 3.35. The number of nitrogens with one attached hydrogen (secondary N) is 1. The van der Waals surface area contributed by atoms with Gasteiger partial charge in [-0.3, -0.25) is 14.6 Å². The largest absolute Gasteiger partial charge is 0.497 e. The van der Waals surface area contributed by atoms with Crippen molar-refractivity contribution < 1.29 is 14.3 Å². The topological polar surface area (TPSA) is 71.5 Å². The predicted octanol–water partition coefficient (Wildman–Crippen LogP) is 3.37. The molecule has 0 saturated carbocycles. The number of benzene rings is 2. The molecule has 1 N–H and O–H groups in total. The smallest absolute Gasteiger partial charge is 0.243 e. The summed E-state index contributed by atoms with van der Waals surface area (Å²) >= 11 is 0. The molecule has 2 amide bonds. The van der Waals surface area contributed by atoms with Crippen LogP contribution in [-0.2, 0) is 29.1 Å². The summed E-state index contributed by atoms with van der Waals surface area (Å²) in [6.07, 6.45) is 2.11. The van der Waals surface area contributed by atoms with Gasteiger partial charge in [0.05, 0.1) is 19.3 Å². The Morgan fingerprint density at radius 3 is 2.29 bits per heavy atom. The molecule has 0 spiro atoms. The highest BCUT2D eigenvalue weighted by Gasteiger charge is 2.28. The van der Waals surface area contributed by atoms with Crippen LogP contribution >= 0.6 is 0 Å². The average molecular weight is 418 g/mol. The van der Waals surface area contributed by atoms with Crippen molar-refractivity contribution >= 4 is 11.8 Å². The first-order valence-electron chi connectivity index (χ1n) is 10.2. The summed E-state index contributed by atoms with van der Waals surface area (Å²) < 4.78 is 5.21.